The van der Waals surface area contributed by atoms with Crippen LogP contribution in [0.25, 0.3) is 16.5 Å². The normalized spacial score (nSPS) is 11.3. The molecule has 0 fully saturated rings. The topological polar surface area (TPSA) is 30.4 Å². The molecule has 3 nitrogen and oxygen atoms in total. The first kappa shape index (κ1) is 5.83. The molecule has 0 bridgehead atoms. The number of furan rings is 1. The molecule has 0 spiro atoms. The lowest BCUT2D eigenvalue weighted by Crippen LogP contribution is -1.83. The Morgan fingerprint density at radius 3 is 3.25 bits per heavy atom. The first-order valence-corrected chi connectivity index (χ1v) is 3.75. The van der Waals surface area contributed by atoms with Crippen molar-refractivity contribution in [2.45, 2.75) is 0 Å². The van der Waals surface area contributed by atoms with Crippen LogP contribution in [-0.4, -0.2) is 9.61 Å². The molecule has 0 amide bonds. The van der Waals surface area contributed by atoms with Gasteiger partial charge in [0, 0.05) is 11.6 Å². The molecule has 0 aliphatic rings. The van der Waals surface area contributed by atoms with Crippen molar-refractivity contribution in [3.63, 3.8) is 0 Å². The Labute approximate surface area is 68.2 Å². The van der Waals surface area contributed by atoms with Gasteiger partial charge in [-0.3, -0.25) is 0 Å². The van der Waals surface area contributed by atoms with Gasteiger partial charge in [-0.25, -0.2) is 4.52 Å². The zero-order valence-corrected chi connectivity index (χ0v) is 6.27. The molecule has 0 saturated carbocycles. The van der Waals surface area contributed by atoms with Gasteiger partial charge in [-0.05, 0) is 18.2 Å². The van der Waals surface area contributed by atoms with Crippen LogP contribution in [0.4, 0.5) is 0 Å². The minimum atomic E-state index is 0.906. The van der Waals surface area contributed by atoms with Crippen molar-refractivity contribution in [1.29, 1.82) is 0 Å². The van der Waals surface area contributed by atoms with Crippen molar-refractivity contribution in [1.82, 2.24) is 9.61 Å². The molecule has 12 heavy (non-hydrogen) atoms. The summed E-state index contributed by atoms with van der Waals surface area (Å²) in [4.78, 5) is 0. The Morgan fingerprint density at radius 2 is 2.25 bits per heavy atom. The van der Waals surface area contributed by atoms with Crippen LogP contribution >= 0.6 is 0 Å². The lowest BCUT2D eigenvalue weighted by molar-refractivity contribution is 0.615. The van der Waals surface area contributed by atoms with Gasteiger partial charge < -0.3 is 4.42 Å². The molecule has 3 rings (SSSR count). The van der Waals surface area contributed by atoms with Crippen LogP contribution in [0.2, 0.25) is 0 Å². The second-order valence-corrected chi connectivity index (χ2v) is 2.68. The summed E-state index contributed by atoms with van der Waals surface area (Å²) in [7, 11) is 0. The number of rotatable bonds is 0. The maximum absolute atomic E-state index is 5.25. The van der Waals surface area contributed by atoms with Gasteiger partial charge in [0.15, 0.2) is 0 Å². The van der Waals surface area contributed by atoms with E-state index in [0.29, 0.717) is 0 Å². The summed E-state index contributed by atoms with van der Waals surface area (Å²) in [6.07, 6.45) is 5.36. The van der Waals surface area contributed by atoms with E-state index >= 15 is 0 Å². The highest BCUT2D eigenvalue weighted by atomic mass is 16.3. The van der Waals surface area contributed by atoms with Gasteiger partial charge >= 0.3 is 0 Å². The Balaban J connectivity index is 2.71. The van der Waals surface area contributed by atoms with Gasteiger partial charge in [0.1, 0.15) is 5.58 Å². The quantitative estimate of drug-likeness (QED) is 0.501. The predicted octanol–water partition coefficient (Wildman–Crippen LogP) is 2.08. The van der Waals surface area contributed by atoms with Gasteiger partial charge in [-0.15, -0.1) is 0 Å². The third-order valence-electron chi connectivity index (χ3n) is 2.01. The molecule has 0 aromatic carbocycles. The van der Waals surface area contributed by atoms with E-state index in [4.69, 9.17) is 4.42 Å². The lowest BCUT2D eigenvalue weighted by atomic mass is 10.3. The number of hydrogen-bond acceptors (Lipinski definition) is 2. The molecule has 0 aliphatic heterocycles. The van der Waals surface area contributed by atoms with Gasteiger partial charge in [0.05, 0.1) is 18.0 Å². The van der Waals surface area contributed by atoms with E-state index in [0.717, 1.165) is 16.5 Å². The largest absolute Gasteiger partial charge is 0.464 e. The van der Waals surface area contributed by atoms with Crippen molar-refractivity contribution in [2.24, 2.45) is 0 Å². The first-order valence-electron chi connectivity index (χ1n) is 3.75. The minimum absolute atomic E-state index is 0.906. The third-order valence-corrected chi connectivity index (χ3v) is 2.01. The number of hydrogen-bond donors (Lipinski definition) is 0. The molecule has 0 atom stereocenters. The summed E-state index contributed by atoms with van der Waals surface area (Å²) in [5, 5.41) is 5.23. The molecule has 0 radical (unpaired) electrons. The van der Waals surface area contributed by atoms with Gasteiger partial charge in [0.25, 0.3) is 0 Å². The van der Waals surface area contributed by atoms with E-state index in [1.165, 1.54) is 0 Å². The summed E-state index contributed by atoms with van der Waals surface area (Å²) in [6.45, 7) is 0. The van der Waals surface area contributed by atoms with Crippen molar-refractivity contribution in [3.05, 3.63) is 36.9 Å². The first-order chi connectivity index (χ1) is 5.95. The van der Waals surface area contributed by atoms with Crippen molar-refractivity contribution < 1.29 is 4.42 Å². The van der Waals surface area contributed by atoms with Gasteiger partial charge in [0.2, 0.25) is 0 Å². The average molecular weight is 158 g/mol. The molecule has 3 heteroatoms. The highest BCUT2D eigenvalue weighted by molar-refractivity contribution is 5.92. The maximum atomic E-state index is 5.25. The second-order valence-electron chi connectivity index (χ2n) is 2.68. The SMILES string of the molecule is c1cc2c3ccoc3ccn2n1. The van der Waals surface area contributed by atoms with Crippen LogP contribution in [0.1, 0.15) is 0 Å². The monoisotopic (exact) mass is 158 g/mol. The van der Waals surface area contributed by atoms with Crippen LogP contribution in [0.15, 0.2) is 41.3 Å². The molecule has 0 N–H and O–H groups in total. The average Bonchev–Trinajstić information content (AvgIpc) is 2.71. The minimum Gasteiger partial charge on any atom is -0.464 e. The van der Waals surface area contributed by atoms with E-state index in [-0.39, 0.29) is 0 Å². The van der Waals surface area contributed by atoms with E-state index in [1.807, 2.05) is 28.9 Å². The number of nitrogens with zero attached hydrogens (tertiary/aromatic N) is 2. The van der Waals surface area contributed by atoms with Crippen molar-refractivity contribution >= 4 is 16.5 Å². The van der Waals surface area contributed by atoms with Crippen LogP contribution in [-0.2, 0) is 0 Å². The highest BCUT2D eigenvalue weighted by Crippen LogP contribution is 2.19. The molecular formula is C9H6N2O. The number of fused-ring (bicyclic) bond motifs is 3. The molecule has 3 aromatic rings. The summed E-state index contributed by atoms with van der Waals surface area (Å²) in [6, 6.07) is 5.83. The summed E-state index contributed by atoms with van der Waals surface area (Å²) >= 11 is 0. The van der Waals surface area contributed by atoms with Gasteiger partial charge in [-0.1, -0.05) is 0 Å². The molecule has 0 aliphatic carbocycles. The lowest BCUT2D eigenvalue weighted by Gasteiger charge is -1.92. The Bertz CT molecular complexity index is 486. The Morgan fingerprint density at radius 1 is 1.25 bits per heavy atom. The highest BCUT2D eigenvalue weighted by Gasteiger charge is 2.01. The van der Waals surface area contributed by atoms with Crippen LogP contribution in [0, 0.1) is 0 Å². The molecule has 0 saturated heterocycles. The molecule has 3 aromatic heterocycles. The van der Waals surface area contributed by atoms with Crippen molar-refractivity contribution in [2.75, 3.05) is 0 Å². The fraction of sp³-hybridized carbons (Fsp3) is 0. The second kappa shape index (κ2) is 1.88. The third kappa shape index (κ3) is 0.580. The summed E-state index contributed by atoms with van der Waals surface area (Å²) < 4.78 is 7.09. The zero-order valence-electron chi connectivity index (χ0n) is 6.27. The van der Waals surface area contributed by atoms with E-state index < -0.39 is 0 Å². The Kier molecular flexibility index (Phi) is 0.913. The Hall–Kier alpha value is -1.77. The van der Waals surface area contributed by atoms with Crippen LogP contribution in [0.3, 0.4) is 0 Å². The van der Waals surface area contributed by atoms with E-state index in [2.05, 4.69) is 5.10 Å². The number of pyridine rings is 1. The number of aromatic nitrogens is 2. The summed E-state index contributed by atoms with van der Waals surface area (Å²) in [5.41, 5.74) is 1.99. The van der Waals surface area contributed by atoms with Crippen LogP contribution < -0.4 is 0 Å². The zero-order chi connectivity index (χ0) is 7.97. The van der Waals surface area contributed by atoms with Crippen LogP contribution in [0.5, 0.6) is 0 Å². The fourth-order valence-corrected chi connectivity index (χ4v) is 1.45. The molecule has 3 heterocycles. The predicted molar refractivity (Wildman–Crippen MR) is 45.0 cm³/mol. The standard InChI is InChI=1S/C9H6N2O/c1-4-10-11-5-2-9-7(8(1)11)3-6-12-9/h1-6H. The molecular weight excluding hydrogens is 152 g/mol. The fourth-order valence-electron chi connectivity index (χ4n) is 1.45. The van der Waals surface area contributed by atoms with E-state index in [1.54, 1.807) is 12.5 Å². The van der Waals surface area contributed by atoms with Crippen molar-refractivity contribution in [3.8, 4) is 0 Å². The molecule has 58 valence electrons. The van der Waals surface area contributed by atoms with E-state index in [9.17, 15) is 0 Å². The summed E-state index contributed by atoms with van der Waals surface area (Å²) in [5.74, 6) is 0. The van der Waals surface area contributed by atoms with Gasteiger partial charge in [-0.2, -0.15) is 5.10 Å². The maximum Gasteiger partial charge on any atom is 0.137 e. The molecule has 0 unspecified atom stereocenters. The smallest absolute Gasteiger partial charge is 0.137 e.